The number of hydrogen-bond donors (Lipinski definition) is 1. The average molecular weight is 351 g/mol. The number of ether oxygens (including phenoxy) is 2. The van der Waals surface area contributed by atoms with Gasteiger partial charge in [0.2, 0.25) is 0 Å². The van der Waals surface area contributed by atoms with Crippen LogP contribution in [-0.4, -0.2) is 31.0 Å². The van der Waals surface area contributed by atoms with E-state index in [4.69, 9.17) is 26.2 Å². The van der Waals surface area contributed by atoms with Gasteiger partial charge < -0.3 is 14.6 Å². The van der Waals surface area contributed by atoms with Crippen LogP contribution in [0.2, 0.25) is 5.02 Å². The largest absolute Gasteiger partial charge is 0.488 e. The molecule has 1 atom stereocenters. The Balaban J connectivity index is 2.44. The third-order valence-corrected chi connectivity index (χ3v) is 3.62. The predicted octanol–water partition coefficient (Wildman–Crippen LogP) is 3.92. The summed E-state index contributed by atoms with van der Waals surface area (Å²) < 4.78 is 49.8. The van der Waals surface area contributed by atoms with E-state index in [2.05, 4.69) is 0 Å². The number of aliphatic carboxylic acids is 1. The van der Waals surface area contributed by atoms with Gasteiger partial charge in [0, 0.05) is 23.3 Å². The van der Waals surface area contributed by atoms with E-state index in [0.29, 0.717) is 21.9 Å². The zero-order chi connectivity index (χ0) is 17.2. The number of rotatable bonds is 5. The van der Waals surface area contributed by atoms with Crippen molar-refractivity contribution < 1.29 is 32.5 Å². The molecule has 8 heteroatoms. The minimum atomic E-state index is -4.67. The van der Waals surface area contributed by atoms with E-state index in [0.717, 1.165) is 0 Å². The summed E-state index contributed by atoms with van der Waals surface area (Å²) in [5.74, 6) is -3.22. The standard InChI is InChI=1S/C15H14ClF3O4/c1-22-6-10-4-11(16)3-8-2-9(7-23-14(8)10)12(5-13(20)21)15(17,18)19/h2-4,12H,5-7H2,1H3,(H,20,21). The molecule has 1 unspecified atom stereocenters. The van der Waals surface area contributed by atoms with E-state index in [1.807, 2.05) is 0 Å². The number of carbonyl (C=O) groups is 1. The van der Waals surface area contributed by atoms with E-state index in [-0.39, 0.29) is 18.8 Å². The first-order valence-corrected chi connectivity index (χ1v) is 7.03. The molecule has 23 heavy (non-hydrogen) atoms. The van der Waals surface area contributed by atoms with Crippen molar-refractivity contribution in [3.8, 4) is 5.75 Å². The maximum atomic E-state index is 13.1. The smallest absolute Gasteiger partial charge is 0.396 e. The third-order valence-electron chi connectivity index (χ3n) is 3.40. The molecule has 1 aromatic rings. The van der Waals surface area contributed by atoms with E-state index in [1.165, 1.54) is 19.3 Å². The Hall–Kier alpha value is -1.73. The Morgan fingerprint density at radius 3 is 2.74 bits per heavy atom. The molecule has 0 bridgehead atoms. The van der Waals surface area contributed by atoms with Crippen LogP contribution in [0, 0.1) is 5.92 Å². The molecule has 0 fully saturated rings. The number of halogens is 4. The Morgan fingerprint density at radius 1 is 1.48 bits per heavy atom. The van der Waals surface area contributed by atoms with Gasteiger partial charge >= 0.3 is 12.1 Å². The van der Waals surface area contributed by atoms with Crippen LogP contribution < -0.4 is 4.74 Å². The van der Waals surface area contributed by atoms with Crippen molar-refractivity contribution in [3.63, 3.8) is 0 Å². The van der Waals surface area contributed by atoms with Crippen molar-refractivity contribution in [2.75, 3.05) is 13.7 Å². The molecule has 2 rings (SSSR count). The number of hydrogen-bond acceptors (Lipinski definition) is 3. The van der Waals surface area contributed by atoms with Gasteiger partial charge in [-0.2, -0.15) is 13.2 Å². The van der Waals surface area contributed by atoms with E-state index >= 15 is 0 Å². The first kappa shape index (κ1) is 17.6. The Labute approximate surface area is 135 Å². The maximum absolute atomic E-state index is 13.1. The molecule has 0 aromatic heterocycles. The summed E-state index contributed by atoms with van der Waals surface area (Å²) in [5.41, 5.74) is 0.857. The molecule has 1 heterocycles. The lowest BCUT2D eigenvalue weighted by molar-refractivity contribution is -0.174. The third kappa shape index (κ3) is 4.17. The van der Waals surface area contributed by atoms with E-state index in [1.54, 1.807) is 6.07 Å². The topological polar surface area (TPSA) is 55.8 Å². The highest BCUT2D eigenvalue weighted by atomic mass is 35.5. The van der Waals surface area contributed by atoms with Gasteiger partial charge in [-0.1, -0.05) is 11.6 Å². The minimum Gasteiger partial charge on any atom is -0.488 e. The maximum Gasteiger partial charge on any atom is 0.396 e. The van der Waals surface area contributed by atoms with Crippen LogP contribution in [0.3, 0.4) is 0 Å². The lowest BCUT2D eigenvalue weighted by Gasteiger charge is -2.27. The molecular formula is C15H14ClF3O4. The van der Waals surface area contributed by atoms with E-state index in [9.17, 15) is 18.0 Å². The van der Waals surface area contributed by atoms with Crippen LogP contribution in [0.4, 0.5) is 13.2 Å². The highest BCUT2D eigenvalue weighted by Crippen LogP contribution is 2.40. The molecule has 1 N–H and O–H groups in total. The Kier molecular flexibility index (Phi) is 5.21. The number of alkyl halides is 3. The first-order valence-electron chi connectivity index (χ1n) is 6.65. The van der Waals surface area contributed by atoms with Crippen LogP contribution in [0.5, 0.6) is 5.75 Å². The van der Waals surface area contributed by atoms with Gasteiger partial charge in [-0.25, -0.2) is 0 Å². The van der Waals surface area contributed by atoms with Crippen LogP contribution in [-0.2, 0) is 16.1 Å². The summed E-state index contributed by atoms with van der Waals surface area (Å²) >= 11 is 5.96. The molecule has 1 aliphatic rings. The molecule has 0 aliphatic carbocycles. The van der Waals surface area contributed by atoms with Crippen molar-refractivity contribution >= 4 is 23.6 Å². The first-order chi connectivity index (χ1) is 10.7. The summed E-state index contributed by atoms with van der Waals surface area (Å²) in [6.07, 6.45) is -4.41. The second kappa shape index (κ2) is 6.80. The monoisotopic (exact) mass is 350 g/mol. The van der Waals surface area contributed by atoms with Crippen molar-refractivity contribution in [1.29, 1.82) is 0 Å². The summed E-state index contributed by atoms with van der Waals surface area (Å²) in [6.45, 7) is -0.132. The molecule has 0 radical (unpaired) electrons. The highest BCUT2D eigenvalue weighted by Gasteiger charge is 2.44. The van der Waals surface area contributed by atoms with Crippen molar-refractivity contribution in [3.05, 3.63) is 33.9 Å². The fraction of sp³-hybridized carbons (Fsp3) is 0.400. The lowest BCUT2D eigenvalue weighted by Crippen LogP contribution is -2.30. The van der Waals surface area contributed by atoms with Gasteiger partial charge in [0.25, 0.3) is 0 Å². The van der Waals surface area contributed by atoms with Crippen molar-refractivity contribution in [2.45, 2.75) is 19.2 Å². The molecule has 0 spiro atoms. The minimum absolute atomic E-state index is 0.141. The molecule has 1 aliphatic heterocycles. The summed E-state index contributed by atoms with van der Waals surface area (Å²) in [4.78, 5) is 10.7. The van der Waals surface area contributed by atoms with Gasteiger partial charge in [-0.15, -0.1) is 0 Å². The number of fused-ring (bicyclic) bond motifs is 1. The van der Waals surface area contributed by atoms with Crippen LogP contribution in [0.15, 0.2) is 17.7 Å². The molecule has 0 saturated carbocycles. The van der Waals surface area contributed by atoms with Gasteiger partial charge in [0.05, 0.1) is 18.9 Å². The fourth-order valence-electron chi connectivity index (χ4n) is 2.45. The molecule has 126 valence electrons. The van der Waals surface area contributed by atoms with Gasteiger partial charge in [0.1, 0.15) is 12.4 Å². The zero-order valence-electron chi connectivity index (χ0n) is 12.1. The average Bonchev–Trinajstić information content (AvgIpc) is 2.43. The normalized spacial score (nSPS) is 15.4. The molecular weight excluding hydrogens is 337 g/mol. The van der Waals surface area contributed by atoms with E-state index < -0.39 is 24.5 Å². The number of benzene rings is 1. The number of carboxylic acids is 1. The van der Waals surface area contributed by atoms with Gasteiger partial charge in [0.15, 0.2) is 0 Å². The van der Waals surface area contributed by atoms with Gasteiger partial charge in [-0.3, -0.25) is 4.79 Å². The zero-order valence-corrected chi connectivity index (χ0v) is 12.9. The number of carboxylic acid groups (broad SMARTS) is 1. The molecule has 0 amide bonds. The van der Waals surface area contributed by atoms with Crippen LogP contribution >= 0.6 is 11.6 Å². The SMILES string of the molecule is COCc1cc(Cl)cc2c1OCC(C(CC(=O)O)C(F)(F)F)=C2. The van der Waals surface area contributed by atoms with Crippen molar-refractivity contribution in [1.82, 2.24) is 0 Å². The lowest BCUT2D eigenvalue weighted by atomic mass is 9.91. The predicted molar refractivity (Wildman–Crippen MR) is 77.4 cm³/mol. The Morgan fingerprint density at radius 2 is 2.17 bits per heavy atom. The molecule has 1 aromatic carbocycles. The highest BCUT2D eigenvalue weighted by molar-refractivity contribution is 6.30. The number of methoxy groups -OCH3 is 1. The molecule has 4 nitrogen and oxygen atoms in total. The Bertz CT molecular complexity index is 640. The summed E-state index contributed by atoms with van der Waals surface area (Å²) in [7, 11) is 1.48. The second-order valence-corrected chi connectivity index (χ2v) is 5.55. The quantitative estimate of drug-likeness (QED) is 0.874. The second-order valence-electron chi connectivity index (χ2n) is 5.12. The van der Waals surface area contributed by atoms with Crippen molar-refractivity contribution in [2.24, 2.45) is 5.92 Å². The summed E-state index contributed by atoms with van der Waals surface area (Å²) in [6, 6.07) is 3.09. The van der Waals surface area contributed by atoms with Crippen LogP contribution in [0.25, 0.3) is 6.08 Å². The van der Waals surface area contributed by atoms with Crippen LogP contribution in [0.1, 0.15) is 17.5 Å². The summed E-state index contributed by atoms with van der Waals surface area (Å²) in [5, 5.41) is 9.06. The van der Waals surface area contributed by atoms with Gasteiger partial charge in [-0.05, 0) is 23.8 Å². The fourth-order valence-corrected chi connectivity index (χ4v) is 2.70. The molecule has 0 saturated heterocycles.